The fourth-order valence-corrected chi connectivity index (χ4v) is 3.47. The van der Waals surface area contributed by atoms with Gasteiger partial charge < -0.3 is 20.4 Å². The van der Waals surface area contributed by atoms with Gasteiger partial charge in [0.05, 0.1) is 5.92 Å². The number of primary amides is 1. The zero-order valence-corrected chi connectivity index (χ0v) is 13.7. The van der Waals surface area contributed by atoms with Crippen LogP contribution in [0.2, 0.25) is 0 Å². The standard InChI is InChI=1S/C17H23FN4O2/c18-14-3-5-15(6-4-14)20-8-10-21(11-9-20)16(23)13-2-1-7-22(12-13)17(19)24/h3-6,13H,1-2,7-12H2,(H2,19,24)/t13-/m1/s1. The van der Waals surface area contributed by atoms with E-state index in [1.54, 1.807) is 17.0 Å². The van der Waals surface area contributed by atoms with Crippen LogP contribution in [-0.4, -0.2) is 61.0 Å². The van der Waals surface area contributed by atoms with Gasteiger partial charge in [0, 0.05) is 45.0 Å². The Bertz CT molecular complexity index is 599. The van der Waals surface area contributed by atoms with Crippen LogP contribution in [0.25, 0.3) is 0 Å². The van der Waals surface area contributed by atoms with Gasteiger partial charge in [-0.3, -0.25) is 4.79 Å². The Hall–Kier alpha value is -2.31. The van der Waals surface area contributed by atoms with Crippen molar-refractivity contribution in [2.45, 2.75) is 12.8 Å². The molecule has 6 nitrogen and oxygen atoms in total. The van der Waals surface area contributed by atoms with Gasteiger partial charge in [0.2, 0.25) is 5.91 Å². The zero-order chi connectivity index (χ0) is 17.1. The van der Waals surface area contributed by atoms with E-state index in [1.807, 2.05) is 4.90 Å². The van der Waals surface area contributed by atoms with Crippen LogP contribution >= 0.6 is 0 Å². The molecule has 0 aromatic heterocycles. The van der Waals surface area contributed by atoms with Crippen molar-refractivity contribution in [3.05, 3.63) is 30.1 Å². The molecule has 2 N–H and O–H groups in total. The van der Waals surface area contributed by atoms with Crippen LogP contribution in [0.5, 0.6) is 0 Å². The van der Waals surface area contributed by atoms with Crippen LogP contribution in [0.1, 0.15) is 12.8 Å². The predicted molar refractivity (Wildman–Crippen MR) is 89.1 cm³/mol. The van der Waals surface area contributed by atoms with E-state index in [9.17, 15) is 14.0 Å². The molecular formula is C17H23FN4O2. The first-order valence-corrected chi connectivity index (χ1v) is 8.38. The third kappa shape index (κ3) is 3.60. The van der Waals surface area contributed by atoms with E-state index < -0.39 is 6.03 Å². The monoisotopic (exact) mass is 334 g/mol. The molecule has 2 fully saturated rings. The molecule has 2 heterocycles. The third-order valence-electron chi connectivity index (χ3n) is 4.87. The minimum absolute atomic E-state index is 0.111. The molecule has 1 aromatic carbocycles. The first-order chi connectivity index (χ1) is 11.5. The van der Waals surface area contributed by atoms with Gasteiger partial charge in [-0.05, 0) is 37.1 Å². The second kappa shape index (κ2) is 7.07. The van der Waals surface area contributed by atoms with Gasteiger partial charge in [0.25, 0.3) is 0 Å². The van der Waals surface area contributed by atoms with Crippen molar-refractivity contribution in [3.63, 3.8) is 0 Å². The van der Waals surface area contributed by atoms with Crippen LogP contribution in [-0.2, 0) is 4.79 Å². The van der Waals surface area contributed by atoms with Crippen molar-refractivity contribution in [2.75, 3.05) is 44.2 Å². The molecule has 2 aliphatic rings. The Labute approximate surface area is 141 Å². The number of hydrogen-bond acceptors (Lipinski definition) is 3. The molecule has 0 bridgehead atoms. The summed E-state index contributed by atoms with van der Waals surface area (Å²) >= 11 is 0. The van der Waals surface area contributed by atoms with Gasteiger partial charge in [-0.25, -0.2) is 9.18 Å². The van der Waals surface area contributed by atoms with Crippen LogP contribution in [0, 0.1) is 11.7 Å². The van der Waals surface area contributed by atoms with Gasteiger partial charge >= 0.3 is 6.03 Å². The maximum absolute atomic E-state index is 13.0. The minimum Gasteiger partial charge on any atom is -0.368 e. The van der Waals surface area contributed by atoms with Crippen molar-refractivity contribution < 1.29 is 14.0 Å². The van der Waals surface area contributed by atoms with E-state index in [1.165, 1.54) is 12.1 Å². The summed E-state index contributed by atoms with van der Waals surface area (Å²) in [5.74, 6) is -0.285. The number of nitrogens with two attached hydrogens (primary N) is 1. The van der Waals surface area contributed by atoms with Gasteiger partial charge in [-0.1, -0.05) is 0 Å². The fraction of sp³-hybridized carbons (Fsp3) is 0.529. The number of carbonyl (C=O) groups is 2. The van der Waals surface area contributed by atoms with E-state index in [0.29, 0.717) is 26.2 Å². The van der Waals surface area contributed by atoms with Crippen molar-refractivity contribution in [1.29, 1.82) is 0 Å². The Kier molecular flexibility index (Phi) is 4.87. The van der Waals surface area contributed by atoms with E-state index in [-0.39, 0.29) is 17.6 Å². The molecule has 0 saturated carbocycles. The highest BCUT2D eigenvalue weighted by molar-refractivity contribution is 5.81. The highest BCUT2D eigenvalue weighted by atomic mass is 19.1. The number of amides is 3. The van der Waals surface area contributed by atoms with Gasteiger partial charge in [-0.15, -0.1) is 0 Å². The van der Waals surface area contributed by atoms with Crippen molar-refractivity contribution in [3.8, 4) is 0 Å². The first kappa shape index (κ1) is 16.5. The van der Waals surface area contributed by atoms with E-state index >= 15 is 0 Å². The molecule has 2 aliphatic heterocycles. The van der Waals surface area contributed by atoms with E-state index in [2.05, 4.69) is 4.90 Å². The molecule has 130 valence electrons. The average Bonchev–Trinajstić information content (AvgIpc) is 2.62. The summed E-state index contributed by atoms with van der Waals surface area (Å²) in [5, 5.41) is 0. The number of piperazine rings is 1. The Morgan fingerprint density at radius 1 is 1.00 bits per heavy atom. The summed E-state index contributed by atoms with van der Waals surface area (Å²) in [6.45, 7) is 3.80. The van der Waals surface area contributed by atoms with Gasteiger partial charge in [-0.2, -0.15) is 0 Å². The molecular weight excluding hydrogens is 311 g/mol. The Morgan fingerprint density at radius 3 is 2.29 bits per heavy atom. The van der Waals surface area contributed by atoms with Crippen molar-refractivity contribution in [1.82, 2.24) is 9.80 Å². The smallest absolute Gasteiger partial charge is 0.314 e. The Balaban J connectivity index is 1.55. The van der Waals surface area contributed by atoms with Gasteiger partial charge in [0.15, 0.2) is 0 Å². The quantitative estimate of drug-likeness (QED) is 0.885. The molecule has 7 heteroatoms. The lowest BCUT2D eigenvalue weighted by atomic mass is 9.96. The normalized spacial score (nSPS) is 21.7. The second-order valence-electron chi connectivity index (χ2n) is 6.41. The summed E-state index contributed by atoms with van der Waals surface area (Å²) in [7, 11) is 0. The number of nitrogens with zero attached hydrogens (tertiary/aromatic N) is 3. The molecule has 1 atom stereocenters. The van der Waals surface area contributed by atoms with Crippen molar-refractivity contribution in [2.24, 2.45) is 11.7 Å². The average molecular weight is 334 g/mol. The summed E-state index contributed by atoms with van der Waals surface area (Å²) < 4.78 is 13.0. The number of carbonyl (C=O) groups excluding carboxylic acids is 2. The maximum atomic E-state index is 13.0. The SMILES string of the molecule is NC(=O)N1CCC[C@@H](C(=O)N2CCN(c3ccc(F)cc3)CC2)C1. The van der Waals surface area contributed by atoms with Crippen LogP contribution in [0.4, 0.5) is 14.9 Å². The minimum atomic E-state index is -0.450. The first-order valence-electron chi connectivity index (χ1n) is 8.38. The number of anilines is 1. The van der Waals surface area contributed by atoms with E-state index in [0.717, 1.165) is 31.6 Å². The predicted octanol–water partition coefficient (Wildman–Crippen LogP) is 1.26. The number of piperidine rings is 1. The maximum Gasteiger partial charge on any atom is 0.314 e. The fourth-order valence-electron chi connectivity index (χ4n) is 3.47. The molecule has 2 saturated heterocycles. The number of rotatable bonds is 2. The summed E-state index contributed by atoms with van der Waals surface area (Å²) in [5.41, 5.74) is 6.30. The number of urea groups is 1. The lowest BCUT2D eigenvalue weighted by Gasteiger charge is -2.39. The number of hydrogen-bond donors (Lipinski definition) is 1. The zero-order valence-electron chi connectivity index (χ0n) is 13.7. The molecule has 0 radical (unpaired) electrons. The van der Waals surface area contributed by atoms with Gasteiger partial charge in [0.1, 0.15) is 5.82 Å². The number of likely N-dealkylation sites (tertiary alicyclic amines) is 1. The Morgan fingerprint density at radius 2 is 1.67 bits per heavy atom. The summed E-state index contributed by atoms with van der Waals surface area (Å²) in [6, 6.07) is 5.98. The third-order valence-corrected chi connectivity index (χ3v) is 4.87. The molecule has 0 spiro atoms. The van der Waals surface area contributed by atoms with Crippen molar-refractivity contribution >= 4 is 17.6 Å². The molecule has 0 aliphatic carbocycles. The summed E-state index contributed by atoms with van der Waals surface area (Å²) in [6.07, 6.45) is 1.62. The lowest BCUT2D eigenvalue weighted by molar-refractivity contribution is -0.137. The topological polar surface area (TPSA) is 69.9 Å². The molecule has 3 amide bonds. The highest BCUT2D eigenvalue weighted by Crippen LogP contribution is 2.21. The second-order valence-corrected chi connectivity index (χ2v) is 6.41. The number of halogens is 1. The van der Waals surface area contributed by atoms with E-state index in [4.69, 9.17) is 5.73 Å². The van der Waals surface area contributed by atoms with Crippen LogP contribution in [0.3, 0.4) is 0 Å². The number of benzene rings is 1. The lowest BCUT2D eigenvalue weighted by Crippen LogP contribution is -2.53. The van der Waals surface area contributed by atoms with Crippen LogP contribution in [0.15, 0.2) is 24.3 Å². The molecule has 3 rings (SSSR count). The molecule has 1 aromatic rings. The largest absolute Gasteiger partial charge is 0.368 e. The highest BCUT2D eigenvalue weighted by Gasteiger charge is 2.32. The van der Waals surface area contributed by atoms with Crippen LogP contribution < -0.4 is 10.6 Å². The summed E-state index contributed by atoms with van der Waals surface area (Å²) in [4.78, 5) is 29.6. The molecule has 24 heavy (non-hydrogen) atoms. The molecule has 0 unspecified atom stereocenters.